The maximum absolute atomic E-state index is 4.84. The fraction of sp³-hybridized carbons (Fsp3) is 0.550. The van der Waals surface area contributed by atoms with Crippen LogP contribution in [0.25, 0.3) is 0 Å². The number of piperidine rings is 1. The Bertz CT molecular complexity index is 643. The summed E-state index contributed by atoms with van der Waals surface area (Å²) in [5, 5.41) is 12.8. The topological polar surface area (TPSA) is 39.7 Å². The first-order chi connectivity index (χ1) is 12.7. The molecule has 2 aromatic heterocycles. The van der Waals surface area contributed by atoms with Crippen molar-refractivity contribution in [1.82, 2.24) is 10.6 Å². The molecule has 0 spiro atoms. The number of nitrogens with zero attached hydrogens (tertiary/aromatic N) is 2. The highest BCUT2D eigenvalue weighted by molar-refractivity contribution is 7.14. The molecule has 0 aromatic carbocycles. The number of hydrogen-bond acceptors (Lipinski definition) is 4. The van der Waals surface area contributed by atoms with Gasteiger partial charge in [0.1, 0.15) is 0 Å². The van der Waals surface area contributed by atoms with Crippen LogP contribution in [0.4, 0.5) is 5.00 Å². The molecule has 1 unspecified atom stereocenters. The molecule has 0 amide bonds. The summed E-state index contributed by atoms with van der Waals surface area (Å²) in [6.07, 6.45) is 3.43. The molecule has 1 aliphatic heterocycles. The average molecular weight is 391 g/mol. The van der Waals surface area contributed by atoms with Gasteiger partial charge in [-0.05, 0) is 61.1 Å². The van der Waals surface area contributed by atoms with Crippen molar-refractivity contribution in [3.8, 4) is 0 Å². The van der Waals surface area contributed by atoms with Crippen LogP contribution in [-0.2, 0) is 6.42 Å². The SMILES string of the molecule is CCNC(=NCC(C)Cc1cccs1)NC1CCN(c2cccs2)CC1. The van der Waals surface area contributed by atoms with E-state index in [4.69, 9.17) is 4.99 Å². The minimum absolute atomic E-state index is 0.511. The quantitative estimate of drug-likeness (QED) is 0.549. The van der Waals surface area contributed by atoms with Gasteiger partial charge < -0.3 is 15.5 Å². The van der Waals surface area contributed by atoms with Gasteiger partial charge in [-0.25, -0.2) is 0 Å². The van der Waals surface area contributed by atoms with Crippen LogP contribution in [0.1, 0.15) is 31.6 Å². The van der Waals surface area contributed by atoms with E-state index in [0.717, 1.165) is 51.4 Å². The van der Waals surface area contributed by atoms with E-state index in [-0.39, 0.29) is 0 Å². The van der Waals surface area contributed by atoms with Crippen molar-refractivity contribution in [2.75, 3.05) is 31.1 Å². The van der Waals surface area contributed by atoms with E-state index in [9.17, 15) is 0 Å². The monoisotopic (exact) mass is 390 g/mol. The summed E-state index contributed by atoms with van der Waals surface area (Å²) in [6, 6.07) is 9.22. The molecule has 0 radical (unpaired) electrons. The molecular formula is C20H30N4S2. The lowest BCUT2D eigenvalue weighted by atomic mass is 10.1. The maximum Gasteiger partial charge on any atom is 0.191 e. The molecule has 0 aliphatic carbocycles. The van der Waals surface area contributed by atoms with Crippen LogP contribution in [0, 0.1) is 5.92 Å². The van der Waals surface area contributed by atoms with E-state index in [1.807, 2.05) is 22.7 Å². The van der Waals surface area contributed by atoms with Gasteiger partial charge >= 0.3 is 0 Å². The number of aliphatic imine (C=N–C) groups is 1. The number of hydrogen-bond donors (Lipinski definition) is 2. The summed E-state index contributed by atoms with van der Waals surface area (Å²) < 4.78 is 0. The van der Waals surface area contributed by atoms with Crippen LogP contribution >= 0.6 is 22.7 Å². The van der Waals surface area contributed by atoms with Crippen molar-refractivity contribution < 1.29 is 0 Å². The van der Waals surface area contributed by atoms with E-state index >= 15 is 0 Å². The fourth-order valence-electron chi connectivity index (χ4n) is 3.29. The summed E-state index contributed by atoms with van der Waals surface area (Å²) in [6.45, 7) is 8.41. The number of nitrogens with one attached hydrogen (secondary N) is 2. The predicted octanol–water partition coefficient (Wildman–Crippen LogP) is 4.21. The highest BCUT2D eigenvalue weighted by Gasteiger charge is 2.20. The van der Waals surface area contributed by atoms with Crippen molar-refractivity contribution in [3.05, 3.63) is 39.9 Å². The van der Waals surface area contributed by atoms with Crippen molar-refractivity contribution in [2.24, 2.45) is 10.9 Å². The Kier molecular flexibility index (Phi) is 7.38. The first-order valence-electron chi connectivity index (χ1n) is 9.60. The highest BCUT2D eigenvalue weighted by atomic mass is 32.1. The molecule has 0 bridgehead atoms. The molecule has 0 saturated carbocycles. The zero-order valence-electron chi connectivity index (χ0n) is 15.8. The number of guanidine groups is 1. The van der Waals surface area contributed by atoms with Gasteiger partial charge in [0.15, 0.2) is 5.96 Å². The van der Waals surface area contributed by atoms with Crippen LogP contribution in [0.3, 0.4) is 0 Å². The Morgan fingerprint density at radius 1 is 1.23 bits per heavy atom. The van der Waals surface area contributed by atoms with Crippen LogP contribution in [0.15, 0.2) is 40.0 Å². The first-order valence-corrected chi connectivity index (χ1v) is 11.4. The zero-order chi connectivity index (χ0) is 18.2. The van der Waals surface area contributed by atoms with Crippen molar-refractivity contribution in [2.45, 2.75) is 39.2 Å². The molecule has 1 saturated heterocycles. The molecule has 6 heteroatoms. The Morgan fingerprint density at radius 2 is 2.00 bits per heavy atom. The molecule has 3 heterocycles. The molecule has 1 aliphatic rings. The third-order valence-corrected chi connectivity index (χ3v) is 6.52. The summed E-state index contributed by atoms with van der Waals surface area (Å²) in [4.78, 5) is 8.79. The van der Waals surface area contributed by atoms with Crippen LogP contribution in [-0.4, -0.2) is 38.2 Å². The second-order valence-electron chi connectivity index (χ2n) is 6.97. The van der Waals surface area contributed by atoms with Crippen molar-refractivity contribution in [3.63, 3.8) is 0 Å². The number of rotatable bonds is 7. The molecule has 4 nitrogen and oxygen atoms in total. The largest absolute Gasteiger partial charge is 0.363 e. The molecular weight excluding hydrogens is 360 g/mol. The Hall–Kier alpha value is -1.53. The zero-order valence-corrected chi connectivity index (χ0v) is 17.4. The molecule has 2 aromatic rings. The first kappa shape index (κ1) is 19.2. The van der Waals surface area contributed by atoms with E-state index in [1.54, 1.807) is 0 Å². The lowest BCUT2D eigenvalue weighted by molar-refractivity contribution is 0.462. The second kappa shape index (κ2) is 9.97. The number of thiophene rings is 2. The third kappa shape index (κ3) is 5.74. The minimum Gasteiger partial charge on any atom is -0.363 e. The molecule has 26 heavy (non-hydrogen) atoms. The molecule has 3 rings (SSSR count). The van der Waals surface area contributed by atoms with E-state index in [1.165, 1.54) is 9.88 Å². The van der Waals surface area contributed by atoms with Gasteiger partial charge in [-0.15, -0.1) is 22.7 Å². The van der Waals surface area contributed by atoms with Crippen molar-refractivity contribution in [1.29, 1.82) is 0 Å². The highest BCUT2D eigenvalue weighted by Crippen LogP contribution is 2.24. The molecule has 1 fully saturated rings. The smallest absolute Gasteiger partial charge is 0.191 e. The predicted molar refractivity (Wildman–Crippen MR) is 116 cm³/mol. The summed E-state index contributed by atoms with van der Waals surface area (Å²) in [7, 11) is 0. The van der Waals surface area contributed by atoms with Gasteiger partial charge in [0.05, 0.1) is 5.00 Å². The lowest BCUT2D eigenvalue weighted by Crippen LogP contribution is -2.48. The number of anilines is 1. The van der Waals surface area contributed by atoms with E-state index < -0.39 is 0 Å². The van der Waals surface area contributed by atoms with Crippen LogP contribution < -0.4 is 15.5 Å². The van der Waals surface area contributed by atoms with Crippen LogP contribution in [0.2, 0.25) is 0 Å². The summed E-state index contributed by atoms with van der Waals surface area (Å²) in [5.74, 6) is 1.53. The average Bonchev–Trinajstić information content (AvgIpc) is 3.34. The summed E-state index contributed by atoms with van der Waals surface area (Å²) in [5.41, 5.74) is 0. The minimum atomic E-state index is 0.511. The van der Waals surface area contributed by atoms with Gasteiger partial charge in [0, 0.05) is 37.1 Å². The Morgan fingerprint density at radius 3 is 2.65 bits per heavy atom. The second-order valence-corrected chi connectivity index (χ2v) is 8.92. The van der Waals surface area contributed by atoms with Crippen molar-refractivity contribution >= 4 is 33.6 Å². The molecule has 142 valence electrons. The van der Waals surface area contributed by atoms with Gasteiger partial charge in [0.2, 0.25) is 0 Å². The standard InChI is InChI=1S/C20H30N4S2/c1-3-21-20(22-15-16(2)14-18-6-4-12-25-18)23-17-8-10-24(11-9-17)19-7-5-13-26-19/h4-7,12-13,16-17H,3,8-11,14-15H2,1-2H3,(H2,21,22,23). The Labute approximate surface area is 165 Å². The third-order valence-electron chi connectivity index (χ3n) is 4.69. The van der Waals surface area contributed by atoms with Gasteiger partial charge in [-0.1, -0.05) is 13.0 Å². The van der Waals surface area contributed by atoms with Gasteiger partial charge in [-0.3, -0.25) is 4.99 Å². The van der Waals surface area contributed by atoms with Gasteiger partial charge in [0.25, 0.3) is 0 Å². The summed E-state index contributed by atoms with van der Waals surface area (Å²) >= 11 is 3.68. The van der Waals surface area contributed by atoms with E-state index in [2.05, 4.69) is 64.4 Å². The lowest BCUT2D eigenvalue weighted by Gasteiger charge is -2.33. The molecule has 2 N–H and O–H groups in total. The molecule has 1 atom stereocenters. The normalized spacial score (nSPS) is 17.3. The maximum atomic E-state index is 4.84. The van der Waals surface area contributed by atoms with Crippen LogP contribution in [0.5, 0.6) is 0 Å². The Balaban J connectivity index is 1.47. The van der Waals surface area contributed by atoms with E-state index in [0.29, 0.717) is 12.0 Å². The fourth-order valence-corrected chi connectivity index (χ4v) is 4.95. The van der Waals surface area contributed by atoms with Gasteiger partial charge in [-0.2, -0.15) is 0 Å².